The molecule has 0 heterocycles. The fourth-order valence-electron chi connectivity index (χ4n) is 1.54. The van der Waals surface area contributed by atoms with Gasteiger partial charge in [-0.25, -0.2) is 8.78 Å². The van der Waals surface area contributed by atoms with Gasteiger partial charge in [0, 0.05) is 0 Å². The standard InChI is InChI=1S/C11H11F5/c1-2-3-8(11(14,15)16)7-4-5-9(12)10(13)6-7/h4-6,8H,2-3H2,1H3. The van der Waals surface area contributed by atoms with E-state index in [9.17, 15) is 22.0 Å². The van der Waals surface area contributed by atoms with Crippen molar-refractivity contribution >= 4 is 0 Å². The van der Waals surface area contributed by atoms with Crippen LogP contribution in [0, 0.1) is 11.6 Å². The summed E-state index contributed by atoms with van der Waals surface area (Å²) in [4.78, 5) is 0. The van der Waals surface area contributed by atoms with Crippen molar-refractivity contribution in [2.45, 2.75) is 31.9 Å². The van der Waals surface area contributed by atoms with E-state index < -0.39 is 23.7 Å². The Morgan fingerprint density at radius 1 is 1.12 bits per heavy atom. The van der Waals surface area contributed by atoms with E-state index in [0.717, 1.165) is 12.1 Å². The lowest BCUT2D eigenvalue weighted by atomic mass is 9.94. The summed E-state index contributed by atoms with van der Waals surface area (Å²) < 4.78 is 63.2. The SMILES string of the molecule is CCCC(c1ccc(F)c(F)c1)C(F)(F)F. The molecule has 0 aliphatic heterocycles. The average Bonchev–Trinajstić information content (AvgIpc) is 2.17. The third-order valence-corrected chi connectivity index (χ3v) is 2.32. The molecular formula is C11H11F5. The maximum absolute atomic E-state index is 12.8. The smallest absolute Gasteiger partial charge is 0.204 e. The third kappa shape index (κ3) is 2.93. The van der Waals surface area contributed by atoms with Crippen molar-refractivity contribution in [1.82, 2.24) is 0 Å². The van der Waals surface area contributed by atoms with Gasteiger partial charge in [-0.1, -0.05) is 19.4 Å². The van der Waals surface area contributed by atoms with Crippen LogP contribution in [0.3, 0.4) is 0 Å². The normalized spacial score (nSPS) is 13.9. The minimum atomic E-state index is -4.43. The van der Waals surface area contributed by atoms with Gasteiger partial charge in [-0.2, -0.15) is 13.2 Å². The Morgan fingerprint density at radius 2 is 1.75 bits per heavy atom. The number of halogens is 5. The van der Waals surface area contributed by atoms with Crippen LogP contribution in [0.15, 0.2) is 18.2 Å². The summed E-state index contributed by atoms with van der Waals surface area (Å²) in [5.74, 6) is -4.11. The predicted octanol–water partition coefficient (Wildman–Crippen LogP) is 4.41. The summed E-state index contributed by atoms with van der Waals surface area (Å²) in [5.41, 5.74) is -0.228. The Morgan fingerprint density at radius 3 is 2.19 bits per heavy atom. The Labute approximate surface area is 90.1 Å². The van der Waals surface area contributed by atoms with E-state index in [1.54, 1.807) is 6.92 Å². The minimum Gasteiger partial charge on any atom is -0.204 e. The van der Waals surface area contributed by atoms with Crippen molar-refractivity contribution < 1.29 is 22.0 Å². The molecule has 0 aliphatic carbocycles. The van der Waals surface area contributed by atoms with E-state index in [-0.39, 0.29) is 12.0 Å². The van der Waals surface area contributed by atoms with E-state index in [4.69, 9.17) is 0 Å². The monoisotopic (exact) mass is 238 g/mol. The summed E-state index contributed by atoms with van der Waals surface area (Å²) >= 11 is 0. The molecule has 1 rings (SSSR count). The largest absolute Gasteiger partial charge is 0.395 e. The highest BCUT2D eigenvalue weighted by molar-refractivity contribution is 5.23. The molecule has 0 N–H and O–H groups in total. The fourth-order valence-corrected chi connectivity index (χ4v) is 1.54. The molecule has 1 aromatic rings. The topological polar surface area (TPSA) is 0 Å². The second kappa shape index (κ2) is 4.80. The van der Waals surface area contributed by atoms with Crippen molar-refractivity contribution in [3.63, 3.8) is 0 Å². The molecule has 0 saturated heterocycles. The van der Waals surface area contributed by atoms with Crippen LogP contribution in [0.5, 0.6) is 0 Å². The number of hydrogen-bond acceptors (Lipinski definition) is 0. The van der Waals surface area contributed by atoms with E-state index in [1.807, 2.05) is 0 Å². The summed E-state index contributed by atoms with van der Waals surface area (Å²) in [6.07, 6.45) is -4.24. The highest BCUT2D eigenvalue weighted by atomic mass is 19.4. The van der Waals surface area contributed by atoms with Crippen LogP contribution in [0.1, 0.15) is 31.2 Å². The molecule has 1 atom stereocenters. The van der Waals surface area contributed by atoms with Crippen LogP contribution < -0.4 is 0 Å². The van der Waals surface area contributed by atoms with Gasteiger partial charge in [0.05, 0.1) is 5.92 Å². The molecule has 0 amide bonds. The van der Waals surface area contributed by atoms with Gasteiger partial charge in [-0.05, 0) is 24.1 Å². The van der Waals surface area contributed by atoms with Gasteiger partial charge in [-0.3, -0.25) is 0 Å². The Kier molecular flexibility index (Phi) is 3.88. The Balaban J connectivity index is 3.06. The third-order valence-electron chi connectivity index (χ3n) is 2.32. The molecule has 0 aromatic heterocycles. The van der Waals surface area contributed by atoms with Crippen molar-refractivity contribution in [3.8, 4) is 0 Å². The van der Waals surface area contributed by atoms with Crippen LogP contribution in [0.4, 0.5) is 22.0 Å². The highest BCUT2D eigenvalue weighted by Crippen LogP contribution is 2.38. The lowest BCUT2D eigenvalue weighted by molar-refractivity contribution is -0.152. The first-order valence-corrected chi connectivity index (χ1v) is 4.88. The van der Waals surface area contributed by atoms with E-state index >= 15 is 0 Å². The van der Waals surface area contributed by atoms with E-state index in [2.05, 4.69) is 0 Å². The molecule has 0 bridgehead atoms. The van der Waals surface area contributed by atoms with Crippen LogP contribution in [-0.2, 0) is 0 Å². The first kappa shape index (κ1) is 12.9. The minimum absolute atomic E-state index is 0.130. The van der Waals surface area contributed by atoms with Crippen LogP contribution in [0.25, 0.3) is 0 Å². The molecule has 0 saturated carbocycles. The number of benzene rings is 1. The van der Waals surface area contributed by atoms with Gasteiger partial charge in [0.15, 0.2) is 11.6 Å². The zero-order valence-corrected chi connectivity index (χ0v) is 8.61. The summed E-state index contributed by atoms with van der Waals surface area (Å²) in [5, 5.41) is 0. The molecule has 16 heavy (non-hydrogen) atoms. The second-order valence-electron chi connectivity index (χ2n) is 3.56. The maximum Gasteiger partial charge on any atom is 0.395 e. The zero-order valence-electron chi connectivity index (χ0n) is 8.61. The number of rotatable bonds is 3. The molecule has 90 valence electrons. The quantitative estimate of drug-likeness (QED) is 0.684. The molecule has 0 spiro atoms. The van der Waals surface area contributed by atoms with Gasteiger partial charge in [0.1, 0.15) is 0 Å². The van der Waals surface area contributed by atoms with Crippen molar-refractivity contribution in [3.05, 3.63) is 35.4 Å². The lowest BCUT2D eigenvalue weighted by Gasteiger charge is -2.20. The molecule has 5 heteroatoms. The number of alkyl halides is 3. The van der Waals surface area contributed by atoms with Crippen LogP contribution >= 0.6 is 0 Å². The van der Waals surface area contributed by atoms with E-state index in [1.165, 1.54) is 0 Å². The van der Waals surface area contributed by atoms with Crippen molar-refractivity contribution in [2.24, 2.45) is 0 Å². The van der Waals surface area contributed by atoms with Gasteiger partial charge >= 0.3 is 6.18 Å². The van der Waals surface area contributed by atoms with Crippen molar-refractivity contribution in [1.29, 1.82) is 0 Å². The van der Waals surface area contributed by atoms with Gasteiger partial charge < -0.3 is 0 Å². The highest BCUT2D eigenvalue weighted by Gasteiger charge is 2.40. The van der Waals surface area contributed by atoms with Gasteiger partial charge in [0.25, 0.3) is 0 Å². The first-order chi connectivity index (χ1) is 7.36. The molecule has 0 nitrogen and oxygen atoms in total. The summed E-state index contributed by atoms with van der Waals surface area (Å²) in [7, 11) is 0. The van der Waals surface area contributed by atoms with E-state index in [0.29, 0.717) is 12.5 Å². The molecular weight excluding hydrogens is 227 g/mol. The lowest BCUT2D eigenvalue weighted by Crippen LogP contribution is -2.20. The fraction of sp³-hybridized carbons (Fsp3) is 0.455. The average molecular weight is 238 g/mol. The van der Waals surface area contributed by atoms with Crippen LogP contribution in [0.2, 0.25) is 0 Å². The zero-order chi connectivity index (χ0) is 12.3. The van der Waals surface area contributed by atoms with Crippen LogP contribution in [-0.4, -0.2) is 6.18 Å². The van der Waals surface area contributed by atoms with Gasteiger partial charge in [-0.15, -0.1) is 0 Å². The molecule has 0 fully saturated rings. The maximum atomic E-state index is 12.8. The number of hydrogen-bond donors (Lipinski definition) is 0. The second-order valence-corrected chi connectivity index (χ2v) is 3.56. The van der Waals surface area contributed by atoms with Crippen molar-refractivity contribution in [2.75, 3.05) is 0 Å². The first-order valence-electron chi connectivity index (χ1n) is 4.88. The van der Waals surface area contributed by atoms with Gasteiger partial charge in [0.2, 0.25) is 0 Å². The summed E-state index contributed by atoms with van der Waals surface area (Å²) in [6.45, 7) is 1.61. The molecule has 1 unspecified atom stereocenters. The molecule has 0 aliphatic rings. The predicted molar refractivity (Wildman–Crippen MR) is 50.1 cm³/mol. The molecule has 0 radical (unpaired) electrons. The Bertz CT molecular complexity index is 356. The molecule has 1 aromatic carbocycles. The summed E-state index contributed by atoms with van der Waals surface area (Å²) in [6, 6.07) is 2.31. The Hall–Kier alpha value is -1.13.